The van der Waals surface area contributed by atoms with E-state index in [9.17, 15) is 9.59 Å². The fourth-order valence-corrected chi connectivity index (χ4v) is 1.70. The molecule has 0 atom stereocenters. The largest absolute Gasteiger partial charge is 0.478 e. The van der Waals surface area contributed by atoms with E-state index in [2.05, 4.69) is 5.48 Å². The summed E-state index contributed by atoms with van der Waals surface area (Å²) in [6, 6.07) is 6.29. The summed E-state index contributed by atoms with van der Waals surface area (Å²) in [5.74, 6) is -1.06. The van der Waals surface area contributed by atoms with Crippen LogP contribution in [0, 0.1) is 0 Å². The predicted octanol–water partition coefficient (Wildman–Crippen LogP) is 2.14. The van der Waals surface area contributed by atoms with E-state index in [1.807, 2.05) is 0 Å². The molecule has 0 unspecified atom stereocenters. The molecule has 0 aromatic heterocycles. The number of carbonyl (C=O) groups excluding carboxylic acids is 1. The molecule has 6 heteroatoms. The maximum absolute atomic E-state index is 11.3. The van der Waals surface area contributed by atoms with Crippen LogP contribution in [-0.2, 0) is 4.84 Å². The van der Waals surface area contributed by atoms with Crippen molar-refractivity contribution in [1.82, 2.24) is 5.48 Å². The molecular formula is C10H11NO4S. The SMILES string of the molecule is CCONC(=O)Sc1ccccc1C(=O)O. The summed E-state index contributed by atoms with van der Waals surface area (Å²) in [4.78, 5) is 27.2. The second-order valence-electron chi connectivity index (χ2n) is 2.73. The van der Waals surface area contributed by atoms with E-state index in [0.29, 0.717) is 11.5 Å². The van der Waals surface area contributed by atoms with Gasteiger partial charge in [0.25, 0.3) is 0 Å². The lowest BCUT2D eigenvalue weighted by atomic mass is 10.2. The van der Waals surface area contributed by atoms with Crippen LogP contribution in [0.2, 0.25) is 0 Å². The summed E-state index contributed by atoms with van der Waals surface area (Å²) < 4.78 is 0. The number of hydrogen-bond donors (Lipinski definition) is 2. The van der Waals surface area contributed by atoms with Crippen LogP contribution in [-0.4, -0.2) is 22.9 Å². The summed E-state index contributed by atoms with van der Waals surface area (Å²) in [6.07, 6.45) is 0. The van der Waals surface area contributed by atoms with E-state index >= 15 is 0 Å². The first kappa shape index (κ1) is 12.5. The van der Waals surface area contributed by atoms with Crippen LogP contribution in [0.15, 0.2) is 29.2 Å². The molecule has 0 aliphatic carbocycles. The van der Waals surface area contributed by atoms with E-state index < -0.39 is 11.2 Å². The molecule has 0 saturated heterocycles. The Kier molecular flexibility index (Phi) is 4.81. The summed E-state index contributed by atoms with van der Waals surface area (Å²) in [5, 5.41) is 8.43. The number of nitrogens with one attached hydrogen (secondary N) is 1. The van der Waals surface area contributed by atoms with Crippen molar-refractivity contribution in [2.24, 2.45) is 0 Å². The molecule has 0 radical (unpaired) electrons. The second-order valence-corrected chi connectivity index (χ2v) is 3.74. The highest BCUT2D eigenvalue weighted by Crippen LogP contribution is 2.22. The maximum atomic E-state index is 11.3. The molecular weight excluding hydrogens is 230 g/mol. The van der Waals surface area contributed by atoms with Crippen molar-refractivity contribution < 1.29 is 19.5 Å². The molecule has 0 bridgehead atoms. The quantitative estimate of drug-likeness (QED) is 0.624. The van der Waals surface area contributed by atoms with E-state index in [4.69, 9.17) is 9.94 Å². The van der Waals surface area contributed by atoms with Gasteiger partial charge in [-0.3, -0.25) is 9.63 Å². The molecule has 0 heterocycles. The fourth-order valence-electron chi connectivity index (χ4n) is 0.984. The highest BCUT2D eigenvalue weighted by atomic mass is 32.2. The lowest BCUT2D eigenvalue weighted by molar-refractivity contribution is 0.0693. The highest BCUT2D eigenvalue weighted by Gasteiger charge is 2.12. The first-order valence-electron chi connectivity index (χ1n) is 4.57. The zero-order valence-electron chi connectivity index (χ0n) is 8.60. The third-order valence-corrected chi connectivity index (χ3v) is 2.46. The van der Waals surface area contributed by atoms with Crippen LogP contribution in [0.4, 0.5) is 4.79 Å². The Morgan fingerprint density at radius 3 is 2.75 bits per heavy atom. The van der Waals surface area contributed by atoms with Crippen molar-refractivity contribution in [3.05, 3.63) is 29.8 Å². The molecule has 1 aromatic carbocycles. The average molecular weight is 241 g/mol. The molecule has 1 aromatic rings. The summed E-state index contributed by atoms with van der Waals surface area (Å²) in [5.41, 5.74) is 2.27. The summed E-state index contributed by atoms with van der Waals surface area (Å²) in [6.45, 7) is 2.09. The Balaban J connectivity index is 2.73. The molecule has 2 N–H and O–H groups in total. The Hall–Kier alpha value is -1.53. The summed E-state index contributed by atoms with van der Waals surface area (Å²) >= 11 is 0.783. The van der Waals surface area contributed by atoms with Crippen molar-refractivity contribution in [2.75, 3.05) is 6.61 Å². The van der Waals surface area contributed by atoms with Gasteiger partial charge in [0.15, 0.2) is 0 Å². The van der Waals surface area contributed by atoms with Gasteiger partial charge in [-0.2, -0.15) is 0 Å². The van der Waals surface area contributed by atoms with Gasteiger partial charge in [-0.05, 0) is 30.8 Å². The van der Waals surface area contributed by atoms with Gasteiger partial charge in [0, 0.05) is 4.90 Å². The third-order valence-electron chi connectivity index (χ3n) is 1.62. The van der Waals surface area contributed by atoms with Crippen LogP contribution in [0.1, 0.15) is 17.3 Å². The summed E-state index contributed by atoms with van der Waals surface area (Å²) in [7, 11) is 0. The van der Waals surface area contributed by atoms with Crippen molar-refractivity contribution in [1.29, 1.82) is 0 Å². The van der Waals surface area contributed by atoms with Crippen molar-refractivity contribution in [3.8, 4) is 0 Å². The van der Waals surface area contributed by atoms with Crippen molar-refractivity contribution in [3.63, 3.8) is 0 Å². The number of thioether (sulfide) groups is 1. The average Bonchev–Trinajstić information content (AvgIpc) is 2.27. The molecule has 86 valence electrons. The van der Waals surface area contributed by atoms with Crippen molar-refractivity contribution in [2.45, 2.75) is 11.8 Å². The Morgan fingerprint density at radius 1 is 1.44 bits per heavy atom. The highest BCUT2D eigenvalue weighted by molar-refractivity contribution is 8.13. The molecule has 0 saturated carbocycles. The minimum atomic E-state index is -1.06. The first-order valence-corrected chi connectivity index (χ1v) is 5.38. The molecule has 1 amide bonds. The molecule has 0 aliphatic heterocycles. The lowest BCUT2D eigenvalue weighted by Crippen LogP contribution is -2.19. The normalized spacial score (nSPS) is 9.81. The number of benzene rings is 1. The van der Waals surface area contributed by atoms with Crippen molar-refractivity contribution >= 4 is 23.0 Å². The number of carboxylic acids is 1. The van der Waals surface area contributed by atoms with Crippen LogP contribution >= 0.6 is 11.8 Å². The van der Waals surface area contributed by atoms with Gasteiger partial charge in [-0.1, -0.05) is 12.1 Å². The Morgan fingerprint density at radius 2 is 2.12 bits per heavy atom. The number of carbonyl (C=O) groups is 2. The topological polar surface area (TPSA) is 75.6 Å². The molecule has 0 spiro atoms. The minimum absolute atomic E-state index is 0.0964. The standard InChI is InChI=1S/C10H11NO4S/c1-2-15-11-10(14)16-8-6-4-3-5-7(8)9(12)13/h3-6H,2H2,1H3,(H,11,14)(H,12,13). The first-order chi connectivity index (χ1) is 7.65. The van der Waals surface area contributed by atoms with Crippen LogP contribution < -0.4 is 5.48 Å². The third kappa shape index (κ3) is 3.56. The molecule has 16 heavy (non-hydrogen) atoms. The zero-order valence-corrected chi connectivity index (χ0v) is 9.41. The second kappa shape index (κ2) is 6.14. The van der Waals surface area contributed by atoms with E-state index in [0.717, 1.165) is 11.8 Å². The van der Waals surface area contributed by atoms with Gasteiger partial charge < -0.3 is 5.11 Å². The lowest BCUT2D eigenvalue weighted by Gasteiger charge is -2.05. The predicted molar refractivity (Wildman–Crippen MR) is 59.4 cm³/mol. The van der Waals surface area contributed by atoms with Gasteiger partial charge in [0.1, 0.15) is 0 Å². The Labute approximate surface area is 96.7 Å². The van der Waals surface area contributed by atoms with E-state index in [1.165, 1.54) is 6.07 Å². The fraction of sp³-hybridized carbons (Fsp3) is 0.200. The van der Waals surface area contributed by atoms with E-state index in [1.54, 1.807) is 25.1 Å². The van der Waals surface area contributed by atoms with Crippen LogP contribution in [0.3, 0.4) is 0 Å². The zero-order chi connectivity index (χ0) is 12.0. The number of hydroxylamine groups is 1. The molecule has 0 fully saturated rings. The van der Waals surface area contributed by atoms with Gasteiger partial charge in [0.2, 0.25) is 0 Å². The maximum Gasteiger partial charge on any atom is 0.336 e. The number of rotatable bonds is 4. The minimum Gasteiger partial charge on any atom is -0.478 e. The van der Waals surface area contributed by atoms with Crippen LogP contribution in [0.5, 0.6) is 0 Å². The number of aromatic carboxylic acids is 1. The number of hydrogen-bond acceptors (Lipinski definition) is 4. The molecule has 0 aliphatic rings. The Bertz CT molecular complexity index is 394. The molecule has 1 rings (SSSR count). The van der Waals surface area contributed by atoms with Gasteiger partial charge in [0.05, 0.1) is 12.2 Å². The van der Waals surface area contributed by atoms with Gasteiger partial charge in [-0.25, -0.2) is 10.3 Å². The van der Waals surface area contributed by atoms with E-state index in [-0.39, 0.29) is 5.56 Å². The van der Waals surface area contributed by atoms with Gasteiger partial charge in [-0.15, -0.1) is 0 Å². The number of carboxylic acid groups (broad SMARTS) is 1. The van der Waals surface area contributed by atoms with Crippen LogP contribution in [0.25, 0.3) is 0 Å². The number of amides is 1. The smallest absolute Gasteiger partial charge is 0.336 e. The molecule has 5 nitrogen and oxygen atoms in total. The monoisotopic (exact) mass is 241 g/mol. The van der Waals surface area contributed by atoms with Gasteiger partial charge >= 0.3 is 11.2 Å².